The first-order chi connectivity index (χ1) is 11.1. The number of benzene rings is 2. The first-order valence-electron chi connectivity index (χ1n) is 7.61. The van der Waals surface area contributed by atoms with E-state index in [1.165, 1.54) is 11.3 Å². The summed E-state index contributed by atoms with van der Waals surface area (Å²) in [5.41, 5.74) is 2.20. The Balaban J connectivity index is 1.57. The average Bonchev–Trinajstić information content (AvgIpc) is 2.89. The zero-order valence-electron chi connectivity index (χ0n) is 13.3. The lowest BCUT2D eigenvalue weighted by molar-refractivity contribution is 0.0950. The molecule has 0 unspecified atom stereocenters. The fourth-order valence-corrected chi connectivity index (χ4v) is 3.64. The molecule has 0 radical (unpaired) electrons. The van der Waals surface area contributed by atoms with Gasteiger partial charge in [0, 0.05) is 4.70 Å². The van der Waals surface area contributed by atoms with Gasteiger partial charge in [-0.15, -0.1) is 11.3 Å². The number of hydrogen-bond donors (Lipinski definition) is 1. The summed E-state index contributed by atoms with van der Waals surface area (Å²) in [4.78, 5) is 13.1. The molecule has 0 spiro atoms. The van der Waals surface area contributed by atoms with Crippen LogP contribution in [0.5, 0.6) is 5.75 Å². The van der Waals surface area contributed by atoms with E-state index in [4.69, 9.17) is 4.74 Å². The summed E-state index contributed by atoms with van der Waals surface area (Å²) in [5.74, 6) is 0.800. The second-order valence-corrected chi connectivity index (χ2v) is 6.53. The molecule has 1 heterocycles. The van der Waals surface area contributed by atoms with Crippen LogP contribution in [0.1, 0.15) is 20.8 Å². The summed E-state index contributed by atoms with van der Waals surface area (Å²) < 4.78 is 6.80. The van der Waals surface area contributed by atoms with E-state index in [0.29, 0.717) is 13.2 Å². The van der Waals surface area contributed by atoms with Gasteiger partial charge in [-0.2, -0.15) is 0 Å². The Morgan fingerprint density at radius 2 is 1.96 bits per heavy atom. The molecule has 1 amide bonds. The molecule has 23 heavy (non-hydrogen) atoms. The number of rotatable bonds is 5. The van der Waals surface area contributed by atoms with Crippen LogP contribution in [0.25, 0.3) is 10.1 Å². The number of nitrogens with one attached hydrogen (secondary N) is 1. The lowest BCUT2D eigenvalue weighted by Gasteiger charge is -2.08. The molecular formula is C19H19NO2S. The molecule has 3 nitrogen and oxygen atoms in total. The highest BCUT2D eigenvalue weighted by atomic mass is 32.1. The van der Waals surface area contributed by atoms with Gasteiger partial charge in [0.15, 0.2) is 0 Å². The number of ether oxygens (including phenoxy) is 1. The lowest BCUT2D eigenvalue weighted by atomic mass is 10.1. The molecule has 118 valence electrons. The number of hydrogen-bond acceptors (Lipinski definition) is 3. The van der Waals surface area contributed by atoms with Crippen molar-refractivity contribution < 1.29 is 9.53 Å². The minimum atomic E-state index is -0.0310. The van der Waals surface area contributed by atoms with Crippen molar-refractivity contribution in [2.75, 3.05) is 13.2 Å². The van der Waals surface area contributed by atoms with Gasteiger partial charge in [0.25, 0.3) is 5.91 Å². The summed E-state index contributed by atoms with van der Waals surface area (Å²) in [6, 6.07) is 16.0. The number of thiophene rings is 1. The SMILES string of the molecule is Cc1cccc(OCCNC(=O)c2sc3ccccc3c2C)c1. The van der Waals surface area contributed by atoms with Gasteiger partial charge in [0.05, 0.1) is 11.4 Å². The average molecular weight is 325 g/mol. The molecule has 2 aromatic carbocycles. The van der Waals surface area contributed by atoms with Crippen molar-refractivity contribution >= 4 is 27.3 Å². The molecule has 0 bridgehead atoms. The number of amides is 1. The van der Waals surface area contributed by atoms with Gasteiger partial charge in [0.1, 0.15) is 12.4 Å². The van der Waals surface area contributed by atoms with Crippen LogP contribution in [0, 0.1) is 13.8 Å². The third-order valence-corrected chi connectivity index (χ3v) is 4.97. The molecule has 3 rings (SSSR count). The fraction of sp³-hybridized carbons (Fsp3) is 0.211. The van der Waals surface area contributed by atoms with E-state index in [9.17, 15) is 4.79 Å². The molecule has 4 heteroatoms. The van der Waals surface area contributed by atoms with Crippen LogP contribution in [0.2, 0.25) is 0 Å². The molecule has 0 atom stereocenters. The van der Waals surface area contributed by atoms with Crippen LogP contribution in [0.3, 0.4) is 0 Å². The third-order valence-electron chi connectivity index (χ3n) is 3.70. The Labute approximate surface area is 139 Å². The predicted molar refractivity (Wildman–Crippen MR) is 95.6 cm³/mol. The van der Waals surface area contributed by atoms with E-state index in [-0.39, 0.29) is 5.91 Å². The highest BCUT2D eigenvalue weighted by Gasteiger charge is 2.14. The van der Waals surface area contributed by atoms with Crippen molar-refractivity contribution in [2.24, 2.45) is 0 Å². The Morgan fingerprint density at radius 1 is 1.13 bits per heavy atom. The maximum Gasteiger partial charge on any atom is 0.261 e. The lowest BCUT2D eigenvalue weighted by Crippen LogP contribution is -2.27. The minimum absolute atomic E-state index is 0.0310. The molecular weight excluding hydrogens is 306 g/mol. The maximum absolute atomic E-state index is 12.3. The molecule has 0 aliphatic heterocycles. The van der Waals surface area contributed by atoms with Crippen molar-refractivity contribution in [3.05, 3.63) is 64.5 Å². The quantitative estimate of drug-likeness (QED) is 0.709. The first-order valence-corrected chi connectivity index (χ1v) is 8.42. The van der Waals surface area contributed by atoms with Crippen molar-refractivity contribution in [1.82, 2.24) is 5.32 Å². The standard InChI is InChI=1S/C19H19NO2S/c1-13-6-5-7-15(12-13)22-11-10-20-19(21)18-14(2)16-8-3-4-9-17(16)23-18/h3-9,12H,10-11H2,1-2H3,(H,20,21). The number of carbonyl (C=O) groups is 1. The van der Waals surface area contributed by atoms with Crippen LogP contribution in [-0.2, 0) is 0 Å². The van der Waals surface area contributed by atoms with Gasteiger partial charge in [-0.05, 0) is 48.6 Å². The van der Waals surface area contributed by atoms with Crippen LogP contribution >= 0.6 is 11.3 Å². The van der Waals surface area contributed by atoms with Crippen LogP contribution in [0.15, 0.2) is 48.5 Å². The Hall–Kier alpha value is -2.33. The van der Waals surface area contributed by atoms with Crippen molar-refractivity contribution in [3.63, 3.8) is 0 Å². The van der Waals surface area contributed by atoms with E-state index < -0.39 is 0 Å². The normalized spacial score (nSPS) is 10.7. The Kier molecular flexibility index (Phi) is 4.63. The topological polar surface area (TPSA) is 38.3 Å². The van der Waals surface area contributed by atoms with E-state index in [1.807, 2.05) is 56.3 Å². The third kappa shape index (κ3) is 3.54. The Morgan fingerprint density at radius 3 is 2.74 bits per heavy atom. The van der Waals surface area contributed by atoms with E-state index in [0.717, 1.165) is 31.8 Å². The van der Waals surface area contributed by atoms with Gasteiger partial charge in [-0.25, -0.2) is 0 Å². The second-order valence-electron chi connectivity index (χ2n) is 5.47. The summed E-state index contributed by atoms with van der Waals surface area (Å²) in [6.07, 6.45) is 0. The minimum Gasteiger partial charge on any atom is -0.492 e. The smallest absolute Gasteiger partial charge is 0.261 e. The summed E-state index contributed by atoms with van der Waals surface area (Å²) in [7, 11) is 0. The fourth-order valence-electron chi connectivity index (χ4n) is 2.51. The van der Waals surface area contributed by atoms with Gasteiger partial charge in [-0.3, -0.25) is 4.79 Å². The predicted octanol–water partition coefficient (Wildman–Crippen LogP) is 4.33. The first kappa shape index (κ1) is 15.6. The molecule has 3 aromatic rings. The van der Waals surface area contributed by atoms with Crippen LogP contribution in [-0.4, -0.2) is 19.1 Å². The molecule has 0 saturated heterocycles. The summed E-state index contributed by atoms with van der Waals surface area (Å²) in [6.45, 7) is 4.97. The van der Waals surface area contributed by atoms with Gasteiger partial charge in [-0.1, -0.05) is 30.3 Å². The zero-order valence-corrected chi connectivity index (χ0v) is 14.1. The second kappa shape index (κ2) is 6.84. The van der Waals surface area contributed by atoms with E-state index in [2.05, 4.69) is 11.4 Å². The monoisotopic (exact) mass is 325 g/mol. The van der Waals surface area contributed by atoms with Gasteiger partial charge >= 0.3 is 0 Å². The molecule has 0 fully saturated rings. The summed E-state index contributed by atoms with van der Waals surface area (Å²) in [5, 5.41) is 4.08. The Bertz CT molecular complexity index is 838. The molecule has 0 aliphatic rings. The maximum atomic E-state index is 12.3. The molecule has 0 aliphatic carbocycles. The highest BCUT2D eigenvalue weighted by molar-refractivity contribution is 7.21. The van der Waals surface area contributed by atoms with Crippen LogP contribution in [0.4, 0.5) is 0 Å². The van der Waals surface area contributed by atoms with Gasteiger partial charge < -0.3 is 10.1 Å². The number of fused-ring (bicyclic) bond motifs is 1. The summed E-state index contributed by atoms with van der Waals surface area (Å²) >= 11 is 1.54. The van der Waals surface area contributed by atoms with E-state index in [1.54, 1.807) is 0 Å². The largest absolute Gasteiger partial charge is 0.492 e. The van der Waals surface area contributed by atoms with Crippen molar-refractivity contribution in [2.45, 2.75) is 13.8 Å². The van der Waals surface area contributed by atoms with Gasteiger partial charge in [0.2, 0.25) is 0 Å². The number of carbonyl (C=O) groups excluding carboxylic acids is 1. The van der Waals surface area contributed by atoms with Crippen molar-refractivity contribution in [3.8, 4) is 5.75 Å². The molecule has 1 aromatic heterocycles. The van der Waals surface area contributed by atoms with Crippen molar-refractivity contribution in [1.29, 1.82) is 0 Å². The number of aryl methyl sites for hydroxylation is 2. The molecule has 1 N–H and O–H groups in total. The zero-order chi connectivity index (χ0) is 16.2. The highest BCUT2D eigenvalue weighted by Crippen LogP contribution is 2.30. The van der Waals surface area contributed by atoms with Crippen LogP contribution < -0.4 is 10.1 Å². The van der Waals surface area contributed by atoms with E-state index >= 15 is 0 Å². The molecule has 0 saturated carbocycles.